The molecule has 0 fully saturated rings. The molecule has 30 heavy (non-hydrogen) atoms. The molecule has 3 aromatic rings. The van der Waals surface area contributed by atoms with Crippen LogP contribution in [-0.4, -0.2) is 40.1 Å². The van der Waals surface area contributed by atoms with Crippen LogP contribution < -0.4 is 0 Å². The third kappa shape index (κ3) is 3.40. The molecule has 0 radical (unpaired) electrons. The Balaban J connectivity index is 1.85. The van der Waals surface area contributed by atoms with Crippen molar-refractivity contribution >= 4 is 27.3 Å². The van der Waals surface area contributed by atoms with Crippen LogP contribution in [0.5, 0.6) is 0 Å². The van der Waals surface area contributed by atoms with Crippen molar-refractivity contribution in [1.29, 1.82) is 0 Å². The topological polar surface area (TPSA) is 80.4 Å². The molecule has 2 aromatic carbocycles. The highest BCUT2D eigenvalue weighted by molar-refractivity contribution is 7.89. The fourth-order valence-corrected chi connectivity index (χ4v) is 5.27. The van der Waals surface area contributed by atoms with Gasteiger partial charge in [-0.25, -0.2) is 4.68 Å². The van der Waals surface area contributed by atoms with Gasteiger partial charge < -0.3 is 0 Å². The van der Waals surface area contributed by atoms with Crippen LogP contribution in [0.15, 0.2) is 70.9 Å². The van der Waals surface area contributed by atoms with Gasteiger partial charge in [-0.2, -0.15) is 17.9 Å². The minimum Gasteiger partial charge on any atom is -0.230 e. The first-order valence-electron chi connectivity index (χ1n) is 9.57. The summed E-state index contributed by atoms with van der Waals surface area (Å²) in [5, 5.41) is 13.0. The van der Waals surface area contributed by atoms with Crippen LogP contribution in [0.4, 0.5) is 0 Å². The lowest BCUT2D eigenvalue weighted by molar-refractivity contribution is 0.401. The molecule has 7 nitrogen and oxygen atoms in total. The third-order valence-corrected chi connectivity index (χ3v) is 7.13. The quantitative estimate of drug-likeness (QED) is 0.599. The van der Waals surface area contributed by atoms with Gasteiger partial charge >= 0.3 is 0 Å². The van der Waals surface area contributed by atoms with Crippen molar-refractivity contribution in [3.8, 4) is 0 Å². The summed E-state index contributed by atoms with van der Waals surface area (Å²) in [5.74, 6) is 0. The van der Waals surface area contributed by atoms with E-state index in [1.165, 1.54) is 10.9 Å². The first-order chi connectivity index (χ1) is 14.2. The molecule has 0 bridgehead atoms. The third-order valence-electron chi connectivity index (χ3n) is 5.29. The number of halogens is 1. The number of hydrazone groups is 1. The number of aromatic nitrogens is 3. The molecule has 1 aromatic heterocycles. The van der Waals surface area contributed by atoms with Gasteiger partial charge in [0.15, 0.2) is 5.03 Å². The van der Waals surface area contributed by atoms with E-state index in [2.05, 4.69) is 15.4 Å². The Morgan fingerprint density at radius 2 is 1.73 bits per heavy atom. The molecule has 1 atom stereocenters. The van der Waals surface area contributed by atoms with Crippen molar-refractivity contribution in [2.24, 2.45) is 5.10 Å². The molecule has 0 spiro atoms. The second-order valence-electron chi connectivity index (χ2n) is 7.75. The van der Waals surface area contributed by atoms with Crippen molar-refractivity contribution < 1.29 is 8.42 Å². The number of hydrogen-bond acceptors (Lipinski definition) is 5. The van der Waals surface area contributed by atoms with E-state index in [-0.39, 0.29) is 17.6 Å². The Kier molecular flexibility index (Phi) is 5.15. The van der Waals surface area contributed by atoms with Crippen LogP contribution in [0.2, 0.25) is 5.02 Å². The van der Waals surface area contributed by atoms with Gasteiger partial charge in [-0.1, -0.05) is 59.3 Å². The molecule has 1 aliphatic rings. The average Bonchev–Trinajstić information content (AvgIpc) is 3.36. The minimum atomic E-state index is -3.94. The highest BCUT2D eigenvalue weighted by Gasteiger charge is 2.45. The predicted octanol–water partition coefficient (Wildman–Crippen LogP) is 3.88. The zero-order chi connectivity index (χ0) is 21.5. The number of nitrogens with zero attached hydrogens (tertiary/aromatic N) is 5. The van der Waals surface area contributed by atoms with Gasteiger partial charge in [-0.3, -0.25) is 0 Å². The zero-order valence-corrected chi connectivity index (χ0v) is 18.5. The van der Waals surface area contributed by atoms with E-state index in [4.69, 9.17) is 11.6 Å². The van der Waals surface area contributed by atoms with Gasteiger partial charge in [-0.05, 0) is 44.0 Å². The normalized spacial score (nSPS) is 19.4. The molecule has 156 valence electrons. The smallest absolute Gasteiger partial charge is 0.230 e. The van der Waals surface area contributed by atoms with Crippen LogP contribution >= 0.6 is 11.6 Å². The molecule has 4 rings (SSSR count). The van der Waals surface area contributed by atoms with Crippen LogP contribution in [0.3, 0.4) is 0 Å². The SMILES string of the molecule is CC(C)n1nncc1S(=O)(=O)N1CC(C)(c2ccccc2)C(c2ccc(Cl)cc2)=N1. The maximum atomic E-state index is 13.5. The predicted molar refractivity (Wildman–Crippen MR) is 116 cm³/mol. The Bertz CT molecular complexity index is 1190. The van der Waals surface area contributed by atoms with Crippen LogP contribution in [0, 0.1) is 0 Å². The minimum absolute atomic E-state index is 0.0222. The van der Waals surface area contributed by atoms with Crippen LogP contribution in [0.25, 0.3) is 0 Å². The summed E-state index contributed by atoms with van der Waals surface area (Å²) < 4.78 is 29.5. The van der Waals surface area contributed by atoms with Gasteiger partial charge in [0.2, 0.25) is 0 Å². The first kappa shape index (κ1) is 20.6. The molecule has 9 heteroatoms. The van der Waals surface area contributed by atoms with E-state index in [1.807, 2.05) is 63.2 Å². The maximum Gasteiger partial charge on any atom is 0.297 e. The van der Waals surface area contributed by atoms with Gasteiger partial charge in [0.05, 0.1) is 23.9 Å². The Morgan fingerprint density at radius 3 is 2.37 bits per heavy atom. The first-order valence-corrected chi connectivity index (χ1v) is 11.4. The number of benzene rings is 2. The molecule has 1 aliphatic heterocycles. The summed E-state index contributed by atoms with van der Waals surface area (Å²) in [6.45, 7) is 5.88. The summed E-state index contributed by atoms with van der Waals surface area (Å²) >= 11 is 6.06. The fourth-order valence-electron chi connectivity index (χ4n) is 3.64. The molecule has 2 heterocycles. The lowest BCUT2D eigenvalue weighted by atomic mass is 9.76. The van der Waals surface area contributed by atoms with E-state index in [1.54, 1.807) is 12.1 Å². The highest BCUT2D eigenvalue weighted by Crippen LogP contribution is 2.37. The molecule has 1 unspecified atom stereocenters. The Morgan fingerprint density at radius 1 is 1.07 bits per heavy atom. The van der Waals surface area contributed by atoms with Crippen molar-refractivity contribution in [3.05, 3.63) is 76.9 Å². The van der Waals surface area contributed by atoms with Crippen molar-refractivity contribution in [1.82, 2.24) is 19.4 Å². The van der Waals surface area contributed by atoms with Gasteiger partial charge in [-0.15, -0.1) is 5.10 Å². The second kappa shape index (κ2) is 7.52. The largest absolute Gasteiger partial charge is 0.297 e. The van der Waals surface area contributed by atoms with Crippen LogP contribution in [-0.2, 0) is 15.4 Å². The maximum absolute atomic E-state index is 13.5. The highest BCUT2D eigenvalue weighted by atomic mass is 35.5. The zero-order valence-electron chi connectivity index (χ0n) is 16.9. The monoisotopic (exact) mass is 443 g/mol. The van der Waals surface area contributed by atoms with Gasteiger partial charge in [0, 0.05) is 11.1 Å². The van der Waals surface area contributed by atoms with Crippen molar-refractivity contribution in [2.45, 2.75) is 37.3 Å². The lowest BCUT2D eigenvalue weighted by Gasteiger charge is -2.27. The average molecular weight is 444 g/mol. The van der Waals surface area contributed by atoms with Gasteiger partial charge in [0.25, 0.3) is 10.0 Å². The molecular formula is C21H22ClN5O2S. The van der Waals surface area contributed by atoms with Gasteiger partial charge in [0.1, 0.15) is 0 Å². The second-order valence-corrected chi connectivity index (χ2v) is 9.98. The van der Waals surface area contributed by atoms with Crippen molar-refractivity contribution in [3.63, 3.8) is 0 Å². The summed E-state index contributed by atoms with van der Waals surface area (Å²) in [5.41, 5.74) is 1.82. The number of hydrogen-bond donors (Lipinski definition) is 0. The van der Waals surface area contributed by atoms with E-state index in [9.17, 15) is 8.42 Å². The summed E-state index contributed by atoms with van der Waals surface area (Å²) in [4.78, 5) is 0. The molecule has 0 saturated carbocycles. The molecule has 0 N–H and O–H groups in total. The molecule has 0 amide bonds. The summed E-state index contributed by atoms with van der Waals surface area (Å²) in [6.07, 6.45) is 1.27. The van der Waals surface area contributed by atoms with Crippen molar-refractivity contribution in [2.75, 3.05) is 6.54 Å². The molecule has 0 saturated heterocycles. The number of rotatable bonds is 5. The van der Waals surface area contributed by atoms with Crippen LogP contribution in [0.1, 0.15) is 37.9 Å². The fraction of sp³-hybridized carbons (Fsp3) is 0.286. The molecule has 0 aliphatic carbocycles. The van der Waals surface area contributed by atoms with E-state index in [0.717, 1.165) is 15.5 Å². The Labute approximate surface area is 181 Å². The molecular weight excluding hydrogens is 422 g/mol. The van der Waals surface area contributed by atoms with E-state index < -0.39 is 15.4 Å². The van der Waals surface area contributed by atoms with E-state index >= 15 is 0 Å². The summed E-state index contributed by atoms with van der Waals surface area (Å²) in [6, 6.07) is 16.9. The standard InChI is InChI=1S/C21H22ClN5O2S/c1-15(2)27-19(13-23-25-27)30(28,29)26-14-21(3,17-7-5-4-6-8-17)20(24-26)16-9-11-18(22)12-10-16/h4-13,15H,14H2,1-3H3. The Hall–Kier alpha value is -2.71. The number of sulfonamides is 1. The summed E-state index contributed by atoms with van der Waals surface area (Å²) in [7, 11) is -3.94. The lowest BCUT2D eigenvalue weighted by Crippen LogP contribution is -2.38. The van der Waals surface area contributed by atoms with E-state index in [0.29, 0.717) is 10.7 Å².